The van der Waals surface area contributed by atoms with Crippen molar-refractivity contribution in [2.45, 2.75) is 104 Å². The molecule has 0 fully saturated rings. The minimum atomic E-state index is 0.184. The molecule has 0 aliphatic heterocycles. The number of ether oxygens (including phenoxy) is 2. The van der Waals surface area contributed by atoms with Crippen molar-refractivity contribution in [3.8, 4) is 5.75 Å². The van der Waals surface area contributed by atoms with Crippen molar-refractivity contribution < 1.29 is 9.47 Å². The van der Waals surface area contributed by atoms with Crippen LogP contribution in [0.4, 0.5) is 0 Å². The Labute approximate surface area is 174 Å². The Hall–Kier alpha value is -1.06. The molecule has 1 rings (SSSR count). The van der Waals surface area contributed by atoms with Crippen LogP contribution in [0.2, 0.25) is 0 Å². The first-order valence-electron chi connectivity index (χ1n) is 11.6. The number of rotatable bonds is 17. The first-order valence-corrected chi connectivity index (χ1v) is 11.6. The lowest BCUT2D eigenvalue weighted by Gasteiger charge is -2.15. The van der Waals surface area contributed by atoms with Gasteiger partial charge in [-0.3, -0.25) is 0 Å². The Kier molecular flexibility index (Phi) is 14.1. The van der Waals surface area contributed by atoms with E-state index in [1.54, 1.807) is 7.11 Å². The van der Waals surface area contributed by atoms with Gasteiger partial charge in [0, 0.05) is 19.3 Å². The van der Waals surface area contributed by atoms with Gasteiger partial charge in [0.1, 0.15) is 5.75 Å². The van der Waals surface area contributed by atoms with Crippen molar-refractivity contribution in [2.75, 3.05) is 20.3 Å². The summed E-state index contributed by atoms with van der Waals surface area (Å²) in [7, 11) is 1.78. The third-order valence-corrected chi connectivity index (χ3v) is 5.36. The number of benzene rings is 1. The average molecular weight is 392 g/mol. The molecular weight excluding hydrogens is 346 g/mol. The summed E-state index contributed by atoms with van der Waals surface area (Å²) in [4.78, 5) is 0. The number of unbranched alkanes of at least 4 members (excludes halogenated alkanes) is 8. The largest absolute Gasteiger partial charge is 0.496 e. The van der Waals surface area contributed by atoms with Crippen molar-refractivity contribution in [2.24, 2.45) is 5.73 Å². The van der Waals surface area contributed by atoms with E-state index in [9.17, 15) is 0 Å². The van der Waals surface area contributed by atoms with Gasteiger partial charge in [-0.2, -0.15) is 0 Å². The molecule has 0 spiro atoms. The van der Waals surface area contributed by atoms with Gasteiger partial charge in [-0.05, 0) is 68.7 Å². The zero-order chi connectivity index (χ0) is 20.6. The molecule has 0 aromatic heterocycles. The minimum absolute atomic E-state index is 0.184. The lowest BCUT2D eigenvalue weighted by Crippen LogP contribution is -2.18. The molecule has 0 heterocycles. The van der Waals surface area contributed by atoms with Gasteiger partial charge >= 0.3 is 0 Å². The van der Waals surface area contributed by atoms with Crippen LogP contribution in [0.1, 0.15) is 94.7 Å². The van der Waals surface area contributed by atoms with Gasteiger partial charge in [-0.15, -0.1) is 0 Å². The first-order chi connectivity index (χ1) is 13.6. The van der Waals surface area contributed by atoms with Crippen LogP contribution in [0.15, 0.2) is 12.1 Å². The van der Waals surface area contributed by atoms with E-state index in [4.69, 9.17) is 15.2 Å². The van der Waals surface area contributed by atoms with E-state index < -0.39 is 0 Å². The van der Waals surface area contributed by atoms with Gasteiger partial charge < -0.3 is 15.2 Å². The van der Waals surface area contributed by atoms with Gasteiger partial charge in [0.25, 0.3) is 0 Å². The summed E-state index contributed by atoms with van der Waals surface area (Å²) in [5.74, 6) is 1.03. The van der Waals surface area contributed by atoms with E-state index >= 15 is 0 Å². The highest BCUT2D eigenvalue weighted by molar-refractivity contribution is 5.42. The number of aryl methyl sites for hydroxylation is 2. The van der Waals surface area contributed by atoms with Gasteiger partial charge in [0.15, 0.2) is 0 Å². The Morgan fingerprint density at radius 3 is 2.04 bits per heavy atom. The third-order valence-electron chi connectivity index (χ3n) is 5.36. The van der Waals surface area contributed by atoms with Gasteiger partial charge in [0.05, 0.1) is 7.11 Å². The smallest absolute Gasteiger partial charge is 0.122 e. The Bertz CT molecular complexity index is 514. The fourth-order valence-electron chi connectivity index (χ4n) is 3.75. The highest BCUT2D eigenvalue weighted by atomic mass is 16.5. The molecule has 3 nitrogen and oxygen atoms in total. The number of hydrogen-bond donors (Lipinski definition) is 1. The Morgan fingerprint density at radius 1 is 0.857 bits per heavy atom. The molecule has 0 aliphatic carbocycles. The SMILES string of the molecule is CCCOCCCCCCCCCCCc1cc(C)c(CC(C)N)cc1OC. The summed E-state index contributed by atoms with van der Waals surface area (Å²) >= 11 is 0. The zero-order valence-electron chi connectivity index (χ0n) is 19.0. The van der Waals surface area contributed by atoms with Crippen LogP contribution in [0.25, 0.3) is 0 Å². The highest BCUT2D eigenvalue weighted by Gasteiger charge is 2.09. The minimum Gasteiger partial charge on any atom is -0.496 e. The molecule has 0 aliphatic rings. The Balaban J connectivity index is 2.13. The topological polar surface area (TPSA) is 44.5 Å². The molecule has 0 amide bonds. The average Bonchev–Trinajstić information content (AvgIpc) is 2.67. The summed E-state index contributed by atoms with van der Waals surface area (Å²) < 4.78 is 11.2. The number of hydrogen-bond acceptors (Lipinski definition) is 3. The van der Waals surface area contributed by atoms with Crippen LogP contribution >= 0.6 is 0 Å². The molecule has 2 N–H and O–H groups in total. The summed E-state index contributed by atoms with van der Waals surface area (Å²) in [5.41, 5.74) is 9.97. The monoisotopic (exact) mass is 391 g/mol. The predicted molar refractivity (Wildman–Crippen MR) is 121 cm³/mol. The van der Waals surface area contributed by atoms with Gasteiger partial charge in [0.2, 0.25) is 0 Å². The molecule has 162 valence electrons. The lowest BCUT2D eigenvalue weighted by atomic mass is 9.96. The van der Waals surface area contributed by atoms with Crippen molar-refractivity contribution in [3.05, 3.63) is 28.8 Å². The van der Waals surface area contributed by atoms with Crippen molar-refractivity contribution in [1.82, 2.24) is 0 Å². The second-order valence-corrected chi connectivity index (χ2v) is 8.32. The standard InChI is InChI=1S/C25H45NO2/c1-5-16-28-17-14-12-10-8-6-7-9-11-13-15-23-18-21(2)24(19-22(3)26)20-25(23)27-4/h18,20,22H,5-17,19,26H2,1-4H3. The van der Waals surface area contributed by atoms with Gasteiger partial charge in [-0.25, -0.2) is 0 Å². The lowest BCUT2D eigenvalue weighted by molar-refractivity contribution is 0.130. The maximum absolute atomic E-state index is 5.97. The fraction of sp³-hybridized carbons (Fsp3) is 0.760. The van der Waals surface area contributed by atoms with E-state index in [2.05, 4.69) is 32.9 Å². The van der Waals surface area contributed by atoms with Crippen LogP contribution in [-0.2, 0) is 17.6 Å². The van der Waals surface area contributed by atoms with Crippen LogP contribution in [0.5, 0.6) is 5.75 Å². The molecule has 0 bridgehead atoms. The fourth-order valence-corrected chi connectivity index (χ4v) is 3.75. The van der Waals surface area contributed by atoms with Gasteiger partial charge in [-0.1, -0.05) is 57.9 Å². The quantitative estimate of drug-likeness (QED) is 0.314. The zero-order valence-corrected chi connectivity index (χ0v) is 19.0. The van der Waals surface area contributed by atoms with Crippen molar-refractivity contribution in [3.63, 3.8) is 0 Å². The molecule has 1 aromatic rings. The van der Waals surface area contributed by atoms with E-state index in [-0.39, 0.29) is 6.04 Å². The second-order valence-electron chi connectivity index (χ2n) is 8.32. The van der Waals surface area contributed by atoms with Crippen LogP contribution < -0.4 is 10.5 Å². The molecule has 28 heavy (non-hydrogen) atoms. The maximum atomic E-state index is 5.97. The van der Waals surface area contributed by atoms with Crippen LogP contribution in [0.3, 0.4) is 0 Å². The van der Waals surface area contributed by atoms with Crippen molar-refractivity contribution in [1.29, 1.82) is 0 Å². The predicted octanol–water partition coefficient (Wildman–Crippen LogP) is 6.37. The first kappa shape index (κ1) is 25.0. The van der Waals surface area contributed by atoms with Crippen LogP contribution in [0, 0.1) is 6.92 Å². The number of nitrogens with two attached hydrogens (primary N) is 1. The molecule has 3 heteroatoms. The molecule has 0 radical (unpaired) electrons. The molecule has 1 unspecified atom stereocenters. The van der Waals surface area contributed by atoms with E-state index in [0.717, 1.165) is 38.2 Å². The molecule has 0 saturated carbocycles. The van der Waals surface area contributed by atoms with Crippen LogP contribution in [-0.4, -0.2) is 26.4 Å². The highest BCUT2D eigenvalue weighted by Crippen LogP contribution is 2.26. The summed E-state index contributed by atoms with van der Waals surface area (Å²) in [6, 6.07) is 4.69. The molecule has 0 saturated heterocycles. The molecule has 1 aromatic carbocycles. The number of methoxy groups -OCH3 is 1. The van der Waals surface area contributed by atoms with Crippen molar-refractivity contribution >= 4 is 0 Å². The Morgan fingerprint density at radius 2 is 1.46 bits per heavy atom. The normalized spacial score (nSPS) is 12.3. The van der Waals surface area contributed by atoms with E-state index in [1.807, 2.05) is 0 Å². The maximum Gasteiger partial charge on any atom is 0.122 e. The summed E-state index contributed by atoms with van der Waals surface area (Å²) in [6.45, 7) is 8.28. The second kappa shape index (κ2) is 15.8. The van der Waals surface area contributed by atoms with E-state index in [1.165, 1.54) is 74.5 Å². The molecule has 1 atom stereocenters. The third kappa shape index (κ3) is 11.1. The summed E-state index contributed by atoms with van der Waals surface area (Å²) in [6.07, 6.45) is 15.1. The molecular formula is C25H45NO2. The summed E-state index contributed by atoms with van der Waals surface area (Å²) in [5, 5.41) is 0. The van der Waals surface area contributed by atoms with E-state index in [0.29, 0.717) is 0 Å².